The Morgan fingerprint density at radius 2 is 1.72 bits per heavy atom. The summed E-state index contributed by atoms with van der Waals surface area (Å²) in [5.74, 6) is -1.96. The molecule has 0 radical (unpaired) electrons. The van der Waals surface area contributed by atoms with E-state index >= 15 is 0 Å². The van der Waals surface area contributed by atoms with Crippen LogP contribution < -0.4 is 15.4 Å². The van der Waals surface area contributed by atoms with Gasteiger partial charge >= 0.3 is 0 Å². The van der Waals surface area contributed by atoms with E-state index in [1.165, 1.54) is 19.5 Å². The molecule has 0 aliphatic carbocycles. The van der Waals surface area contributed by atoms with Gasteiger partial charge in [-0.3, -0.25) is 9.59 Å². The van der Waals surface area contributed by atoms with E-state index in [0.717, 1.165) is 18.2 Å². The van der Waals surface area contributed by atoms with Gasteiger partial charge in [-0.15, -0.1) is 0 Å². The lowest BCUT2D eigenvalue weighted by molar-refractivity contribution is 0.0946. The first-order valence-electron chi connectivity index (χ1n) is 8.46. The number of amides is 2. The minimum absolute atomic E-state index is 0.0222. The van der Waals surface area contributed by atoms with Crippen molar-refractivity contribution in [2.75, 3.05) is 12.4 Å². The van der Waals surface area contributed by atoms with E-state index in [1.807, 2.05) is 0 Å². The Labute approximate surface area is 164 Å². The third-order valence-corrected chi connectivity index (χ3v) is 3.94. The number of aromatic nitrogens is 2. The van der Waals surface area contributed by atoms with Crippen molar-refractivity contribution in [2.45, 2.75) is 6.54 Å². The summed E-state index contributed by atoms with van der Waals surface area (Å²) >= 11 is 0. The van der Waals surface area contributed by atoms with Crippen molar-refractivity contribution in [3.8, 4) is 5.75 Å². The van der Waals surface area contributed by atoms with E-state index in [1.54, 1.807) is 24.3 Å². The maximum atomic E-state index is 13.7. The highest BCUT2D eigenvalue weighted by Crippen LogP contribution is 2.15. The van der Waals surface area contributed by atoms with Crippen molar-refractivity contribution in [1.29, 1.82) is 0 Å². The lowest BCUT2D eigenvalue weighted by Gasteiger charge is -2.10. The highest BCUT2D eigenvalue weighted by molar-refractivity contribution is 6.07. The van der Waals surface area contributed by atoms with Crippen LogP contribution in [0.5, 0.6) is 5.75 Å². The predicted molar refractivity (Wildman–Crippen MR) is 101 cm³/mol. The van der Waals surface area contributed by atoms with Gasteiger partial charge in [0, 0.05) is 30.1 Å². The Bertz CT molecular complexity index is 1040. The summed E-state index contributed by atoms with van der Waals surface area (Å²) in [7, 11) is 1.51. The average Bonchev–Trinajstić information content (AvgIpc) is 2.74. The molecule has 0 bridgehead atoms. The van der Waals surface area contributed by atoms with Crippen LogP contribution in [0.1, 0.15) is 26.4 Å². The number of rotatable bonds is 6. The molecule has 2 N–H and O–H groups in total. The third-order valence-electron chi connectivity index (χ3n) is 3.94. The Kier molecular flexibility index (Phi) is 6.08. The van der Waals surface area contributed by atoms with Gasteiger partial charge in [0.25, 0.3) is 11.8 Å². The topological polar surface area (TPSA) is 93.2 Å². The summed E-state index contributed by atoms with van der Waals surface area (Å²) in [4.78, 5) is 32.7. The Balaban J connectivity index is 1.72. The molecule has 0 fully saturated rings. The molecule has 7 nitrogen and oxygen atoms in total. The molecule has 29 heavy (non-hydrogen) atoms. The lowest BCUT2D eigenvalue weighted by atomic mass is 10.2. The van der Waals surface area contributed by atoms with Gasteiger partial charge < -0.3 is 15.4 Å². The largest absolute Gasteiger partial charge is 0.497 e. The number of halogens is 2. The molecule has 0 aliphatic heterocycles. The van der Waals surface area contributed by atoms with Crippen LogP contribution in [-0.4, -0.2) is 28.9 Å². The summed E-state index contributed by atoms with van der Waals surface area (Å²) in [6, 6.07) is 9.28. The number of anilines is 1. The molecule has 3 rings (SSSR count). The van der Waals surface area contributed by atoms with Gasteiger partial charge in [0.2, 0.25) is 0 Å². The van der Waals surface area contributed by atoms with E-state index in [2.05, 4.69) is 20.6 Å². The summed E-state index contributed by atoms with van der Waals surface area (Å²) < 4.78 is 32.0. The van der Waals surface area contributed by atoms with E-state index < -0.39 is 23.4 Å². The fourth-order valence-corrected chi connectivity index (χ4v) is 2.46. The van der Waals surface area contributed by atoms with Gasteiger partial charge in [-0.25, -0.2) is 18.7 Å². The highest BCUT2D eigenvalue weighted by atomic mass is 19.1. The second-order valence-corrected chi connectivity index (χ2v) is 5.85. The second kappa shape index (κ2) is 8.87. The van der Waals surface area contributed by atoms with Crippen LogP contribution in [0, 0.1) is 11.6 Å². The SMILES string of the molecule is COc1ccc(C(=O)Nc2nccnc2C(=O)NCc2cc(F)ccc2F)cc1. The summed E-state index contributed by atoms with van der Waals surface area (Å²) in [6.45, 7) is -0.259. The van der Waals surface area contributed by atoms with Crippen LogP contribution in [0.2, 0.25) is 0 Å². The van der Waals surface area contributed by atoms with Gasteiger partial charge in [0.1, 0.15) is 17.4 Å². The third kappa shape index (κ3) is 4.89. The number of nitrogens with zero attached hydrogens (tertiary/aromatic N) is 2. The first kappa shape index (κ1) is 19.9. The lowest BCUT2D eigenvalue weighted by Crippen LogP contribution is -2.27. The normalized spacial score (nSPS) is 10.3. The number of nitrogens with one attached hydrogen (secondary N) is 2. The van der Waals surface area contributed by atoms with E-state index in [0.29, 0.717) is 11.3 Å². The molecule has 148 valence electrons. The standard InChI is InChI=1S/C20H16F2N4O3/c1-29-15-5-2-12(3-6-15)19(27)26-18-17(23-8-9-24-18)20(28)25-11-13-10-14(21)4-7-16(13)22/h2-10H,11H2,1H3,(H,25,28)(H,24,26,27). The van der Waals surface area contributed by atoms with Crippen molar-refractivity contribution < 1.29 is 23.1 Å². The zero-order valence-corrected chi connectivity index (χ0v) is 15.3. The predicted octanol–water partition coefficient (Wildman–Crippen LogP) is 2.95. The Morgan fingerprint density at radius 1 is 1.00 bits per heavy atom. The van der Waals surface area contributed by atoms with Gasteiger partial charge in [-0.1, -0.05) is 0 Å². The van der Waals surface area contributed by atoms with Crippen LogP contribution in [0.3, 0.4) is 0 Å². The molecular weight excluding hydrogens is 382 g/mol. The van der Waals surface area contributed by atoms with Gasteiger partial charge in [0.15, 0.2) is 11.5 Å². The van der Waals surface area contributed by atoms with Crippen LogP contribution in [-0.2, 0) is 6.54 Å². The molecule has 2 aromatic carbocycles. The minimum Gasteiger partial charge on any atom is -0.497 e. The molecule has 1 aromatic heterocycles. The number of carbonyl (C=O) groups is 2. The first-order valence-corrected chi connectivity index (χ1v) is 8.46. The van der Waals surface area contributed by atoms with Crippen molar-refractivity contribution in [3.05, 3.63) is 83.3 Å². The fourth-order valence-electron chi connectivity index (χ4n) is 2.46. The molecular formula is C20H16F2N4O3. The zero-order valence-electron chi connectivity index (χ0n) is 15.3. The van der Waals surface area contributed by atoms with Crippen LogP contribution in [0.15, 0.2) is 54.9 Å². The van der Waals surface area contributed by atoms with E-state index in [9.17, 15) is 18.4 Å². The zero-order chi connectivity index (χ0) is 20.8. The van der Waals surface area contributed by atoms with E-state index in [4.69, 9.17) is 4.74 Å². The summed E-state index contributed by atoms with van der Waals surface area (Å²) in [5.41, 5.74) is 0.141. The molecule has 0 saturated carbocycles. The number of carbonyl (C=O) groups excluding carboxylic acids is 2. The van der Waals surface area contributed by atoms with Crippen LogP contribution in [0.4, 0.5) is 14.6 Å². The second-order valence-electron chi connectivity index (χ2n) is 5.85. The summed E-state index contributed by atoms with van der Waals surface area (Å²) in [6.07, 6.45) is 2.59. The molecule has 0 atom stereocenters. The maximum absolute atomic E-state index is 13.7. The first-order chi connectivity index (χ1) is 14.0. The number of ether oxygens (including phenoxy) is 1. The van der Waals surface area contributed by atoms with Gasteiger partial charge in [-0.05, 0) is 42.5 Å². The molecule has 0 unspecified atom stereocenters. The molecule has 0 spiro atoms. The molecule has 1 heterocycles. The minimum atomic E-state index is -0.702. The van der Waals surface area contributed by atoms with Crippen molar-refractivity contribution >= 4 is 17.6 Å². The van der Waals surface area contributed by atoms with E-state index in [-0.39, 0.29) is 23.6 Å². The molecule has 0 saturated heterocycles. The molecule has 3 aromatic rings. The van der Waals surface area contributed by atoms with Gasteiger partial charge in [0.05, 0.1) is 7.11 Å². The van der Waals surface area contributed by atoms with Crippen LogP contribution >= 0.6 is 0 Å². The smallest absolute Gasteiger partial charge is 0.274 e. The Hall–Kier alpha value is -3.88. The number of hydrogen-bond acceptors (Lipinski definition) is 5. The highest BCUT2D eigenvalue weighted by Gasteiger charge is 2.17. The van der Waals surface area contributed by atoms with Crippen molar-refractivity contribution in [1.82, 2.24) is 15.3 Å². The average molecular weight is 398 g/mol. The fraction of sp³-hybridized carbons (Fsp3) is 0.100. The Morgan fingerprint density at radius 3 is 2.45 bits per heavy atom. The monoisotopic (exact) mass is 398 g/mol. The van der Waals surface area contributed by atoms with Crippen molar-refractivity contribution in [2.24, 2.45) is 0 Å². The van der Waals surface area contributed by atoms with Crippen molar-refractivity contribution in [3.63, 3.8) is 0 Å². The maximum Gasteiger partial charge on any atom is 0.274 e. The van der Waals surface area contributed by atoms with Crippen LogP contribution in [0.25, 0.3) is 0 Å². The van der Waals surface area contributed by atoms with Gasteiger partial charge in [-0.2, -0.15) is 0 Å². The summed E-state index contributed by atoms with van der Waals surface area (Å²) in [5, 5.41) is 4.95. The quantitative estimate of drug-likeness (QED) is 0.666. The number of methoxy groups -OCH3 is 1. The molecule has 9 heteroatoms. The number of hydrogen-bond donors (Lipinski definition) is 2. The number of benzene rings is 2. The molecule has 0 aliphatic rings. The molecule has 2 amide bonds.